The summed E-state index contributed by atoms with van der Waals surface area (Å²) in [6.07, 6.45) is 0.300. The number of aliphatic hydroxyl groups is 2. The Labute approximate surface area is 147 Å². The predicted molar refractivity (Wildman–Crippen MR) is 94.1 cm³/mol. The van der Waals surface area contributed by atoms with Crippen LogP contribution in [0, 0.1) is 18.3 Å². The number of aromatic nitrogens is 1. The van der Waals surface area contributed by atoms with E-state index in [1.54, 1.807) is 12.1 Å². The Kier molecular flexibility index (Phi) is 7.36. The van der Waals surface area contributed by atoms with Gasteiger partial charge in [0.15, 0.2) is 0 Å². The minimum Gasteiger partial charge on any atom is -0.468 e. The molecule has 6 nitrogen and oxygen atoms in total. The Balaban J connectivity index is 2.15. The van der Waals surface area contributed by atoms with Crippen LogP contribution in [0.25, 0.3) is 0 Å². The largest absolute Gasteiger partial charge is 0.468 e. The number of ether oxygens (including phenoxy) is 1. The molecule has 1 atom stereocenters. The highest BCUT2D eigenvalue weighted by molar-refractivity contribution is 5.39. The normalized spacial score (nSPS) is 12.0. The van der Waals surface area contributed by atoms with Gasteiger partial charge in [-0.2, -0.15) is 5.26 Å². The molecular formula is C19H23N3O3. The number of nitriles is 1. The quantitative estimate of drug-likeness (QED) is 0.642. The van der Waals surface area contributed by atoms with Crippen molar-refractivity contribution in [1.82, 2.24) is 10.3 Å². The van der Waals surface area contributed by atoms with E-state index in [1.807, 2.05) is 37.3 Å². The molecule has 0 spiro atoms. The lowest BCUT2D eigenvalue weighted by atomic mass is 10.1. The van der Waals surface area contributed by atoms with Crippen molar-refractivity contribution < 1.29 is 14.9 Å². The lowest BCUT2D eigenvalue weighted by Gasteiger charge is -2.21. The van der Waals surface area contributed by atoms with Gasteiger partial charge in [-0.05, 0) is 31.2 Å². The van der Waals surface area contributed by atoms with E-state index in [1.165, 1.54) is 0 Å². The summed E-state index contributed by atoms with van der Waals surface area (Å²) in [5.41, 5.74) is 2.14. The summed E-state index contributed by atoms with van der Waals surface area (Å²) in [5.74, 6) is 0.317. The second-order valence-corrected chi connectivity index (χ2v) is 5.74. The minimum atomic E-state index is -0.358. The van der Waals surface area contributed by atoms with E-state index >= 15 is 0 Å². The number of pyridine rings is 1. The molecule has 0 bridgehead atoms. The van der Waals surface area contributed by atoms with Crippen LogP contribution in [0.1, 0.15) is 29.3 Å². The van der Waals surface area contributed by atoms with Crippen LogP contribution in [0.2, 0.25) is 0 Å². The molecule has 6 heteroatoms. The van der Waals surface area contributed by atoms with Crippen LogP contribution in [0.15, 0.2) is 42.5 Å². The highest BCUT2D eigenvalue weighted by atomic mass is 16.5. The molecule has 25 heavy (non-hydrogen) atoms. The van der Waals surface area contributed by atoms with E-state index in [2.05, 4.69) is 16.4 Å². The Hall–Kier alpha value is -2.46. The molecule has 1 heterocycles. The van der Waals surface area contributed by atoms with Crippen molar-refractivity contribution in [1.29, 1.82) is 5.26 Å². The molecule has 0 aliphatic rings. The summed E-state index contributed by atoms with van der Waals surface area (Å²) in [6.45, 7) is 2.12. The number of nitrogens with one attached hydrogen (secondary N) is 1. The Bertz CT molecular complexity index is 697. The third kappa shape index (κ3) is 5.54. The zero-order valence-corrected chi connectivity index (χ0v) is 14.2. The number of hydrogen-bond acceptors (Lipinski definition) is 6. The van der Waals surface area contributed by atoms with E-state index in [9.17, 15) is 5.26 Å². The summed E-state index contributed by atoms with van der Waals surface area (Å²) in [4.78, 5) is 4.34. The number of hydrogen-bond donors (Lipinski definition) is 3. The molecular weight excluding hydrogens is 318 g/mol. The topological polar surface area (TPSA) is 98.4 Å². The SMILES string of the molecule is Cc1ccc(C#N)c(OC(CCNC(CO)CO)c2ccccc2)n1. The molecule has 1 aromatic heterocycles. The number of aliphatic hydroxyl groups excluding tert-OH is 2. The fourth-order valence-electron chi connectivity index (χ4n) is 2.41. The number of nitrogens with zero attached hydrogens (tertiary/aromatic N) is 2. The summed E-state index contributed by atoms with van der Waals surface area (Å²) in [7, 11) is 0. The van der Waals surface area contributed by atoms with Crippen LogP contribution >= 0.6 is 0 Å². The molecule has 2 aromatic rings. The zero-order chi connectivity index (χ0) is 18.1. The summed E-state index contributed by atoms with van der Waals surface area (Å²) in [5, 5.41) is 30.6. The van der Waals surface area contributed by atoms with Crippen LogP contribution in [-0.4, -0.2) is 41.0 Å². The van der Waals surface area contributed by atoms with Crippen molar-refractivity contribution in [2.24, 2.45) is 0 Å². The van der Waals surface area contributed by atoms with Gasteiger partial charge in [0.1, 0.15) is 17.7 Å². The molecule has 0 aliphatic carbocycles. The van der Waals surface area contributed by atoms with Crippen molar-refractivity contribution in [3.05, 3.63) is 59.3 Å². The third-order valence-corrected chi connectivity index (χ3v) is 3.83. The fourth-order valence-corrected chi connectivity index (χ4v) is 2.41. The van der Waals surface area contributed by atoms with Gasteiger partial charge >= 0.3 is 0 Å². The second kappa shape index (κ2) is 9.74. The first-order chi connectivity index (χ1) is 12.2. The maximum atomic E-state index is 9.27. The summed E-state index contributed by atoms with van der Waals surface area (Å²) in [6, 6.07) is 14.9. The van der Waals surface area contributed by atoms with Crippen LogP contribution in [0.5, 0.6) is 5.88 Å². The van der Waals surface area contributed by atoms with Gasteiger partial charge in [0.25, 0.3) is 0 Å². The standard InChI is InChI=1S/C19H23N3O3/c1-14-7-8-16(11-20)19(22-14)25-18(15-5-3-2-4-6-15)9-10-21-17(12-23)13-24/h2-8,17-18,21,23-24H,9-10,12-13H2,1H3. The monoisotopic (exact) mass is 341 g/mol. The summed E-state index contributed by atoms with van der Waals surface area (Å²) >= 11 is 0. The molecule has 0 radical (unpaired) electrons. The maximum Gasteiger partial charge on any atom is 0.232 e. The minimum absolute atomic E-state index is 0.134. The fraction of sp³-hybridized carbons (Fsp3) is 0.368. The molecule has 132 valence electrons. The Morgan fingerprint density at radius 2 is 1.88 bits per heavy atom. The van der Waals surface area contributed by atoms with Crippen molar-refractivity contribution in [3.8, 4) is 11.9 Å². The van der Waals surface area contributed by atoms with Crippen molar-refractivity contribution in [2.75, 3.05) is 19.8 Å². The molecule has 2 rings (SSSR count). The highest BCUT2D eigenvalue weighted by Crippen LogP contribution is 2.26. The molecule has 3 N–H and O–H groups in total. The van der Waals surface area contributed by atoms with Gasteiger partial charge in [-0.25, -0.2) is 4.98 Å². The van der Waals surface area contributed by atoms with E-state index < -0.39 is 0 Å². The van der Waals surface area contributed by atoms with Gasteiger partial charge in [0.2, 0.25) is 5.88 Å². The van der Waals surface area contributed by atoms with Crippen molar-refractivity contribution >= 4 is 0 Å². The zero-order valence-electron chi connectivity index (χ0n) is 14.2. The maximum absolute atomic E-state index is 9.27. The van der Waals surface area contributed by atoms with Crippen LogP contribution < -0.4 is 10.1 Å². The molecule has 1 unspecified atom stereocenters. The average molecular weight is 341 g/mol. The highest BCUT2D eigenvalue weighted by Gasteiger charge is 2.17. The molecule has 0 fully saturated rings. The average Bonchev–Trinajstić information content (AvgIpc) is 2.65. The van der Waals surface area contributed by atoms with Crippen molar-refractivity contribution in [3.63, 3.8) is 0 Å². The first-order valence-electron chi connectivity index (χ1n) is 8.22. The van der Waals surface area contributed by atoms with E-state index in [-0.39, 0.29) is 25.4 Å². The van der Waals surface area contributed by atoms with E-state index in [4.69, 9.17) is 14.9 Å². The second-order valence-electron chi connectivity index (χ2n) is 5.74. The first-order valence-corrected chi connectivity index (χ1v) is 8.22. The number of benzene rings is 1. The van der Waals surface area contributed by atoms with Gasteiger partial charge in [0.05, 0.1) is 19.3 Å². The van der Waals surface area contributed by atoms with Gasteiger partial charge < -0.3 is 20.3 Å². The Morgan fingerprint density at radius 3 is 2.52 bits per heavy atom. The molecule has 0 saturated heterocycles. The third-order valence-electron chi connectivity index (χ3n) is 3.83. The Morgan fingerprint density at radius 1 is 1.16 bits per heavy atom. The van der Waals surface area contributed by atoms with Crippen molar-refractivity contribution in [2.45, 2.75) is 25.5 Å². The lowest BCUT2D eigenvalue weighted by Crippen LogP contribution is -2.37. The number of rotatable bonds is 9. The molecule has 1 aromatic carbocycles. The van der Waals surface area contributed by atoms with Crippen LogP contribution in [0.4, 0.5) is 0 Å². The first kappa shape index (κ1) is 18.9. The van der Waals surface area contributed by atoms with Gasteiger partial charge in [-0.15, -0.1) is 0 Å². The van der Waals surface area contributed by atoms with E-state index in [0.29, 0.717) is 24.4 Å². The molecule has 0 amide bonds. The van der Waals surface area contributed by atoms with Crippen LogP contribution in [-0.2, 0) is 0 Å². The van der Waals surface area contributed by atoms with Crippen LogP contribution in [0.3, 0.4) is 0 Å². The van der Waals surface area contributed by atoms with Gasteiger partial charge in [0, 0.05) is 12.1 Å². The molecule has 0 saturated carbocycles. The lowest BCUT2D eigenvalue weighted by molar-refractivity contribution is 0.155. The van der Waals surface area contributed by atoms with Gasteiger partial charge in [-0.1, -0.05) is 30.3 Å². The van der Waals surface area contributed by atoms with Gasteiger partial charge in [-0.3, -0.25) is 0 Å². The summed E-state index contributed by atoms with van der Waals surface area (Å²) < 4.78 is 6.05. The smallest absolute Gasteiger partial charge is 0.232 e. The predicted octanol–water partition coefficient (Wildman–Crippen LogP) is 1.71. The van der Waals surface area contributed by atoms with E-state index in [0.717, 1.165) is 11.3 Å². The molecule has 0 aliphatic heterocycles. The number of aryl methyl sites for hydroxylation is 1.